The van der Waals surface area contributed by atoms with Crippen LogP contribution in [0, 0.1) is 5.82 Å². The minimum absolute atomic E-state index is 0.275. The van der Waals surface area contributed by atoms with Gasteiger partial charge in [-0.2, -0.15) is 0 Å². The summed E-state index contributed by atoms with van der Waals surface area (Å²) in [6, 6.07) is 4.34. The number of nitrogens with one attached hydrogen (secondary N) is 1. The van der Waals surface area contributed by atoms with Crippen molar-refractivity contribution in [3.63, 3.8) is 0 Å². The molecule has 0 aromatic heterocycles. The van der Waals surface area contributed by atoms with E-state index in [0.29, 0.717) is 37.9 Å². The van der Waals surface area contributed by atoms with E-state index >= 15 is 0 Å². The number of hydrogen-bond acceptors (Lipinski definition) is 3. The van der Waals surface area contributed by atoms with Gasteiger partial charge in [-0.1, -0.05) is 11.6 Å². The Bertz CT molecular complexity index is 336. The molecule has 0 unspecified atom stereocenters. The number of benzene rings is 1. The molecule has 0 aliphatic heterocycles. The molecule has 0 fully saturated rings. The summed E-state index contributed by atoms with van der Waals surface area (Å²) in [5.74, 6) is -0.275. The predicted octanol–water partition coefficient (Wildman–Crippen LogP) is 2.23. The maximum atomic E-state index is 12.9. The average Bonchev–Trinajstić information content (AvgIpc) is 2.32. The van der Waals surface area contributed by atoms with Gasteiger partial charge in [0.25, 0.3) is 0 Å². The van der Waals surface area contributed by atoms with E-state index in [1.54, 1.807) is 13.2 Å². The Morgan fingerprint density at radius 2 is 2.12 bits per heavy atom. The van der Waals surface area contributed by atoms with E-state index in [1.807, 2.05) is 0 Å². The first kappa shape index (κ1) is 14.4. The number of hydrogen-bond donors (Lipinski definition) is 1. The zero-order valence-electron chi connectivity index (χ0n) is 9.84. The van der Waals surface area contributed by atoms with Gasteiger partial charge in [0.2, 0.25) is 0 Å². The van der Waals surface area contributed by atoms with Crippen LogP contribution in [-0.4, -0.2) is 33.5 Å². The Balaban J connectivity index is 2.15. The predicted molar refractivity (Wildman–Crippen MR) is 65.8 cm³/mol. The molecule has 0 saturated carbocycles. The minimum atomic E-state index is -0.275. The summed E-state index contributed by atoms with van der Waals surface area (Å²) in [7, 11) is 1.63. The van der Waals surface area contributed by atoms with Crippen LogP contribution in [0.15, 0.2) is 18.2 Å². The Morgan fingerprint density at radius 3 is 2.88 bits per heavy atom. The molecule has 3 nitrogen and oxygen atoms in total. The number of rotatable bonds is 8. The monoisotopic (exact) mass is 261 g/mol. The van der Waals surface area contributed by atoms with Crippen LogP contribution in [0.2, 0.25) is 5.02 Å². The lowest BCUT2D eigenvalue weighted by atomic mass is 10.2. The van der Waals surface area contributed by atoms with Crippen molar-refractivity contribution in [1.29, 1.82) is 0 Å². The van der Waals surface area contributed by atoms with E-state index in [2.05, 4.69) is 5.32 Å². The fourth-order valence-electron chi connectivity index (χ4n) is 1.29. The maximum absolute atomic E-state index is 12.9. The average molecular weight is 262 g/mol. The standard InChI is InChI=1S/C12H17ClFNO2/c1-16-6-7-17-5-4-15-9-10-8-11(14)2-3-12(10)13/h2-3,8,15H,4-7,9H2,1H3. The van der Waals surface area contributed by atoms with Crippen molar-refractivity contribution >= 4 is 11.6 Å². The summed E-state index contributed by atoms with van der Waals surface area (Å²) in [6.07, 6.45) is 0. The Labute approximate surface area is 106 Å². The van der Waals surface area contributed by atoms with E-state index in [4.69, 9.17) is 21.1 Å². The molecule has 17 heavy (non-hydrogen) atoms. The third-order valence-electron chi connectivity index (χ3n) is 2.18. The summed E-state index contributed by atoms with van der Waals surface area (Å²) in [6.45, 7) is 2.99. The number of methoxy groups -OCH3 is 1. The summed E-state index contributed by atoms with van der Waals surface area (Å²) in [5.41, 5.74) is 0.753. The van der Waals surface area contributed by atoms with Crippen molar-refractivity contribution in [3.05, 3.63) is 34.6 Å². The fraction of sp³-hybridized carbons (Fsp3) is 0.500. The zero-order valence-corrected chi connectivity index (χ0v) is 10.6. The van der Waals surface area contributed by atoms with E-state index in [9.17, 15) is 4.39 Å². The van der Waals surface area contributed by atoms with Crippen LogP contribution in [0.3, 0.4) is 0 Å². The lowest BCUT2D eigenvalue weighted by molar-refractivity contribution is 0.0719. The molecule has 0 bridgehead atoms. The van der Waals surface area contributed by atoms with Crippen molar-refractivity contribution in [3.8, 4) is 0 Å². The molecule has 1 aromatic rings. The first-order chi connectivity index (χ1) is 8.24. The molecule has 0 aliphatic carbocycles. The van der Waals surface area contributed by atoms with Crippen molar-refractivity contribution in [2.75, 3.05) is 33.5 Å². The molecule has 5 heteroatoms. The van der Waals surface area contributed by atoms with Crippen LogP contribution in [-0.2, 0) is 16.0 Å². The maximum Gasteiger partial charge on any atom is 0.123 e. The Morgan fingerprint density at radius 1 is 1.29 bits per heavy atom. The van der Waals surface area contributed by atoms with Gasteiger partial charge in [-0.15, -0.1) is 0 Å². The number of ether oxygens (including phenoxy) is 2. The van der Waals surface area contributed by atoms with Gasteiger partial charge in [-0.25, -0.2) is 4.39 Å². The molecular formula is C12H17ClFNO2. The van der Waals surface area contributed by atoms with Crippen molar-refractivity contribution in [2.24, 2.45) is 0 Å². The quantitative estimate of drug-likeness (QED) is 0.728. The molecular weight excluding hydrogens is 245 g/mol. The molecule has 0 heterocycles. The highest BCUT2D eigenvalue weighted by Gasteiger charge is 2.01. The van der Waals surface area contributed by atoms with Gasteiger partial charge in [-0.3, -0.25) is 0 Å². The molecule has 96 valence electrons. The highest BCUT2D eigenvalue weighted by Crippen LogP contribution is 2.16. The van der Waals surface area contributed by atoms with Gasteiger partial charge >= 0.3 is 0 Å². The summed E-state index contributed by atoms with van der Waals surface area (Å²) in [5, 5.41) is 3.70. The molecule has 0 spiro atoms. The van der Waals surface area contributed by atoms with Crippen LogP contribution >= 0.6 is 11.6 Å². The van der Waals surface area contributed by atoms with Gasteiger partial charge in [0, 0.05) is 25.2 Å². The Kier molecular flexibility index (Phi) is 7.12. The van der Waals surface area contributed by atoms with Gasteiger partial charge < -0.3 is 14.8 Å². The van der Waals surface area contributed by atoms with Gasteiger partial charge in [0.1, 0.15) is 5.82 Å². The molecule has 0 radical (unpaired) electrons. The topological polar surface area (TPSA) is 30.5 Å². The van der Waals surface area contributed by atoms with Crippen LogP contribution in [0.5, 0.6) is 0 Å². The van der Waals surface area contributed by atoms with E-state index in [0.717, 1.165) is 5.56 Å². The summed E-state index contributed by atoms with van der Waals surface area (Å²) < 4.78 is 23.1. The second-order valence-corrected chi connectivity index (χ2v) is 3.92. The first-order valence-corrected chi connectivity index (χ1v) is 5.83. The molecule has 0 atom stereocenters. The largest absolute Gasteiger partial charge is 0.382 e. The number of halogens is 2. The second kappa shape index (κ2) is 8.42. The lowest BCUT2D eigenvalue weighted by Gasteiger charge is -2.07. The smallest absolute Gasteiger partial charge is 0.123 e. The highest BCUT2D eigenvalue weighted by atomic mass is 35.5. The highest BCUT2D eigenvalue weighted by molar-refractivity contribution is 6.31. The molecule has 0 amide bonds. The molecule has 1 rings (SSSR count). The first-order valence-electron chi connectivity index (χ1n) is 5.45. The zero-order chi connectivity index (χ0) is 12.5. The van der Waals surface area contributed by atoms with Crippen LogP contribution in [0.4, 0.5) is 4.39 Å². The minimum Gasteiger partial charge on any atom is -0.382 e. The van der Waals surface area contributed by atoms with Crippen molar-refractivity contribution in [1.82, 2.24) is 5.32 Å². The van der Waals surface area contributed by atoms with Gasteiger partial charge in [0.15, 0.2) is 0 Å². The van der Waals surface area contributed by atoms with E-state index < -0.39 is 0 Å². The van der Waals surface area contributed by atoms with E-state index in [-0.39, 0.29) is 5.82 Å². The van der Waals surface area contributed by atoms with Gasteiger partial charge in [0.05, 0.1) is 19.8 Å². The molecule has 1 N–H and O–H groups in total. The lowest BCUT2D eigenvalue weighted by Crippen LogP contribution is -2.20. The Hall–Kier alpha value is -0.680. The third-order valence-corrected chi connectivity index (χ3v) is 2.55. The second-order valence-electron chi connectivity index (χ2n) is 3.52. The van der Waals surface area contributed by atoms with Crippen LogP contribution < -0.4 is 5.32 Å². The normalized spacial score (nSPS) is 10.8. The molecule has 0 saturated heterocycles. The summed E-state index contributed by atoms with van der Waals surface area (Å²) in [4.78, 5) is 0. The third kappa shape index (κ3) is 5.98. The van der Waals surface area contributed by atoms with Crippen LogP contribution in [0.1, 0.15) is 5.56 Å². The molecule has 1 aromatic carbocycles. The fourth-order valence-corrected chi connectivity index (χ4v) is 1.47. The SMILES string of the molecule is COCCOCCNCc1cc(F)ccc1Cl. The van der Waals surface area contributed by atoms with Crippen LogP contribution in [0.25, 0.3) is 0 Å². The molecule has 0 aliphatic rings. The van der Waals surface area contributed by atoms with Crippen molar-refractivity contribution < 1.29 is 13.9 Å². The van der Waals surface area contributed by atoms with Gasteiger partial charge in [-0.05, 0) is 23.8 Å². The van der Waals surface area contributed by atoms with Crippen molar-refractivity contribution in [2.45, 2.75) is 6.54 Å². The van der Waals surface area contributed by atoms with E-state index in [1.165, 1.54) is 12.1 Å². The summed E-state index contributed by atoms with van der Waals surface area (Å²) >= 11 is 5.92.